The molecule has 0 aliphatic heterocycles. The average molecular weight is 313 g/mol. The predicted molar refractivity (Wildman–Crippen MR) is 88.2 cm³/mol. The van der Waals surface area contributed by atoms with Crippen molar-refractivity contribution in [2.45, 2.75) is 20.8 Å². The monoisotopic (exact) mass is 313 g/mol. The SMILES string of the molecule is CCO/N=C(\C(=O)O)c1cccc(Oc2ccccc2C)c1C. The number of aryl methyl sites for hydroxylation is 1. The molecule has 0 aromatic heterocycles. The van der Waals surface area contributed by atoms with Gasteiger partial charge in [-0.1, -0.05) is 35.5 Å². The van der Waals surface area contributed by atoms with Gasteiger partial charge in [0.1, 0.15) is 18.1 Å². The Bertz CT molecular complexity index is 738. The second-order valence-corrected chi connectivity index (χ2v) is 4.96. The van der Waals surface area contributed by atoms with Crippen LogP contribution in [-0.4, -0.2) is 23.4 Å². The summed E-state index contributed by atoms with van der Waals surface area (Å²) in [6.45, 7) is 5.80. The number of ether oxygens (including phenoxy) is 1. The van der Waals surface area contributed by atoms with Crippen LogP contribution < -0.4 is 4.74 Å². The van der Waals surface area contributed by atoms with Gasteiger partial charge in [0.05, 0.1) is 0 Å². The van der Waals surface area contributed by atoms with E-state index in [0.717, 1.165) is 11.3 Å². The van der Waals surface area contributed by atoms with Crippen molar-refractivity contribution in [1.29, 1.82) is 0 Å². The first-order chi connectivity index (χ1) is 11.0. The normalized spacial score (nSPS) is 11.2. The van der Waals surface area contributed by atoms with Crippen LogP contribution in [0, 0.1) is 13.8 Å². The molecule has 0 atom stereocenters. The van der Waals surface area contributed by atoms with Crippen molar-refractivity contribution in [3.8, 4) is 11.5 Å². The van der Waals surface area contributed by atoms with Gasteiger partial charge >= 0.3 is 5.97 Å². The molecule has 0 fully saturated rings. The van der Waals surface area contributed by atoms with Gasteiger partial charge in [-0.25, -0.2) is 4.79 Å². The zero-order valence-corrected chi connectivity index (χ0v) is 13.4. The predicted octanol–water partition coefficient (Wildman–Crippen LogP) is 3.92. The van der Waals surface area contributed by atoms with E-state index in [-0.39, 0.29) is 5.71 Å². The van der Waals surface area contributed by atoms with Crippen molar-refractivity contribution >= 4 is 11.7 Å². The molecule has 120 valence electrons. The molecule has 5 nitrogen and oxygen atoms in total. The number of carbonyl (C=O) groups is 1. The molecule has 0 bridgehead atoms. The number of hydrogen-bond acceptors (Lipinski definition) is 4. The molecule has 0 aliphatic rings. The molecule has 5 heteroatoms. The molecule has 2 rings (SSSR count). The van der Waals surface area contributed by atoms with E-state index in [0.29, 0.717) is 23.5 Å². The molecule has 0 heterocycles. The zero-order valence-electron chi connectivity index (χ0n) is 13.4. The number of carboxylic acids is 1. The summed E-state index contributed by atoms with van der Waals surface area (Å²) in [4.78, 5) is 16.3. The van der Waals surface area contributed by atoms with Crippen molar-refractivity contribution < 1.29 is 19.5 Å². The number of oxime groups is 1. The van der Waals surface area contributed by atoms with E-state index in [4.69, 9.17) is 9.57 Å². The van der Waals surface area contributed by atoms with Crippen molar-refractivity contribution in [3.05, 3.63) is 59.2 Å². The Morgan fingerprint density at radius 3 is 2.43 bits per heavy atom. The zero-order chi connectivity index (χ0) is 16.8. The van der Waals surface area contributed by atoms with Gasteiger partial charge in [0, 0.05) is 11.1 Å². The molecular weight excluding hydrogens is 294 g/mol. The van der Waals surface area contributed by atoms with Crippen molar-refractivity contribution in [2.75, 3.05) is 6.61 Å². The van der Waals surface area contributed by atoms with Gasteiger partial charge in [0.25, 0.3) is 0 Å². The maximum absolute atomic E-state index is 11.4. The minimum absolute atomic E-state index is 0.139. The van der Waals surface area contributed by atoms with Gasteiger partial charge in [0.2, 0.25) is 0 Å². The van der Waals surface area contributed by atoms with Crippen molar-refractivity contribution in [1.82, 2.24) is 0 Å². The lowest BCUT2D eigenvalue weighted by atomic mass is 10.0. The Hall–Kier alpha value is -2.82. The minimum atomic E-state index is -1.14. The third kappa shape index (κ3) is 3.88. The van der Waals surface area contributed by atoms with E-state index < -0.39 is 5.97 Å². The van der Waals surface area contributed by atoms with Gasteiger partial charge in [-0.15, -0.1) is 0 Å². The average Bonchev–Trinajstić information content (AvgIpc) is 2.52. The third-order valence-corrected chi connectivity index (χ3v) is 3.34. The Labute approximate surface area is 135 Å². The van der Waals surface area contributed by atoms with E-state index in [1.54, 1.807) is 32.0 Å². The highest BCUT2D eigenvalue weighted by Gasteiger charge is 2.18. The van der Waals surface area contributed by atoms with Gasteiger partial charge in [-0.3, -0.25) is 0 Å². The first-order valence-corrected chi connectivity index (χ1v) is 7.31. The fraction of sp³-hybridized carbons (Fsp3) is 0.222. The van der Waals surface area contributed by atoms with Crippen LogP contribution in [0.4, 0.5) is 0 Å². The van der Waals surface area contributed by atoms with Gasteiger partial charge in [-0.05, 0) is 38.5 Å². The van der Waals surface area contributed by atoms with Crippen LogP contribution in [0.3, 0.4) is 0 Å². The first-order valence-electron chi connectivity index (χ1n) is 7.31. The van der Waals surface area contributed by atoms with Gasteiger partial charge < -0.3 is 14.7 Å². The van der Waals surface area contributed by atoms with Gasteiger partial charge in [-0.2, -0.15) is 0 Å². The van der Waals surface area contributed by atoms with E-state index in [2.05, 4.69) is 5.16 Å². The Morgan fingerprint density at radius 1 is 1.09 bits per heavy atom. The molecule has 0 spiro atoms. The lowest BCUT2D eigenvalue weighted by Gasteiger charge is -2.13. The highest BCUT2D eigenvalue weighted by Crippen LogP contribution is 2.29. The maximum Gasteiger partial charge on any atom is 0.358 e. The summed E-state index contributed by atoms with van der Waals surface area (Å²) < 4.78 is 5.93. The van der Waals surface area contributed by atoms with E-state index in [1.807, 2.05) is 31.2 Å². The molecule has 0 unspecified atom stereocenters. The molecule has 2 aromatic carbocycles. The lowest BCUT2D eigenvalue weighted by Crippen LogP contribution is -2.16. The molecule has 0 radical (unpaired) electrons. The summed E-state index contributed by atoms with van der Waals surface area (Å²) in [5.41, 5.74) is 2.02. The second-order valence-electron chi connectivity index (χ2n) is 4.96. The summed E-state index contributed by atoms with van der Waals surface area (Å²) in [5, 5.41) is 13.1. The fourth-order valence-electron chi connectivity index (χ4n) is 2.10. The molecule has 0 aliphatic carbocycles. The summed E-state index contributed by atoms with van der Waals surface area (Å²) in [7, 11) is 0. The number of benzene rings is 2. The lowest BCUT2D eigenvalue weighted by molar-refractivity contribution is -0.129. The molecule has 23 heavy (non-hydrogen) atoms. The van der Waals surface area contributed by atoms with Gasteiger partial charge in [0.15, 0.2) is 5.71 Å². The molecule has 0 amide bonds. The number of para-hydroxylation sites is 1. The van der Waals surface area contributed by atoms with Crippen LogP contribution in [0.1, 0.15) is 23.6 Å². The Kier molecular flexibility index (Phi) is 5.36. The summed E-state index contributed by atoms with van der Waals surface area (Å²) >= 11 is 0. The maximum atomic E-state index is 11.4. The third-order valence-electron chi connectivity index (χ3n) is 3.34. The number of aliphatic carboxylic acids is 1. The van der Waals surface area contributed by atoms with Crippen LogP contribution in [0.15, 0.2) is 47.6 Å². The smallest absolute Gasteiger partial charge is 0.358 e. The molecular formula is C18H19NO4. The highest BCUT2D eigenvalue weighted by molar-refractivity contribution is 6.42. The number of carboxylic acid groups (broad SMARTS) is 1. The number of rotatable bonds is 6. The molecule has 1 N–H and O–H groups in total. The molecule has 0 saturated heterocycles. The topological polar surface area (TPSA) is 68.1 Å². The summed E-state index contributed by atoms with van der Waals surface area (Å²) in [6, 6.07) is 12.9. The van der Waals surface area contributed by atoms with Crippen LogP contribution in [0.25, 0.3) is 0 Å². The Balaban J connectivity index is 2.41. The highest BCUT2D eigenvalue weighted by atomic mass is 16.6. The summed E-state index contributed by atoms with van der Waals surface area (Å²) in [5.74, 6) is 0.170. The van der Waals surface area contributed by atoms with Crippen LogP contribution >= 0.6 is 0 Å². The van der Waals surface area contributed by atoms with E-state index in [9.17, 15) is 9.90 Å². The standard InChI is InChI=1S/C18H19NO4/c1-4-22-19-17(18(20)21)14-9-7-11-16(13(14)3)23-15-10-6-5-8-12(15)2/h5-11H,4H2,1-3H3,(H,20,21)/b19-17-. The number of hydrogen-bond donors (Lipinski definition) is 1. The minimum Gasteiger partial charge on any atom is -0.476 e. The Morgan fingerprint density at radius 2 is 1.78 bits per heavy atom. The van der Waals surface area contributed by atoms with Crippen LogP contribution in [0.2, 0.25) is 0 Å². The second kappa shape index (κ2) is 7.45. The molecule has 2 aromatic rings. The van der Waals surface area contributed by atoms with Crippen molar-refractivity contribution in [2.24, 2.45) is 5.16 Å². The van der Waals surface area contributed by atoms with E-state index >= 15 is 0 Å². The first kappa shape index (κ1) is 16.5. The van der Waals surface area contributed by atoms with Crippen LogP contribution in [-0.2, 0) is 9.63 Å². The quantitative estimate of drug-likeness (QED) is 0.648. The molecule has 0 saturated carbocycles. The largest absolute Gasteiger partial charge is 0.476 e. The number of nitrogens with zero attached hydrogens (tertiary/aromatic N) is 1. The fourth-order valence-corrected chi connectivity index (χ4v) is 2.10. The van der Waals surface area contributed by atoms with E-state index in [1.165, 1.54) is 0 Å². The summed E-state index contributed by atoms with van der Waals surface area (Å²) in [6.07, 6.45) is 0. The van der Waals surface area contributed by atoms with Crippen LogP contribution in [0.5, 0.6) is 11.5 Å². The van der Waals surface area contributed by atoms with Crippen molar-refractivity contribution in [3.63, 3.8) is 0 Å².